The van der Waals surface area contributed by atoms with Crippen molar-refractivity contribution in [2.75, 3.05) is 39.6 Å². The van der Waals surface area contributed by atoms with Gasteiger partial charge in [-0.25, -0.2) is 0 Å². The Morgan fingerprint density at radius 2 is 0.966 bits per heavy atom. The summed E-state index contributed by atoms with van der Waals surface area (Å²) in [6.07, 6.45) is -40.8. The Hall–Kier alpha value is -1.20. The van der Waals surface area contributed by atoms with Crippen molar-refractivity contribution in [3.63, 3.8) is 0 Å². The van der Waals surface area contributed by atoms with Crippen LogP contribution in [0.3, 0.4) is 0 Å². The SMILES string of the molecule is CC(CCC1(O)OC2CC3C(CCC4C3CC(O)C3(C)C(O[C@@H]5O[C@H](CO)[C@@H](O[C@@H]6O[C@H](CO)[C@@H](O)[C@H](O[C@@H]7O[C@H](CO)[C@@H](O)[C@H](O)[C@H]7O)[C@H]6O[C@@H]6O[C@H](CO)[C@@H](O)[C@H](O)[C@H]6O)[C@H](O)[C@H]5O)CCCC43C)C2C1C)CO[C@@H]1O[C@H](CO)[C@@H](O)[C@H](O)[C@H]1O. The molecule has 504 valence electrons. The van der Waals surface area contributed by atoms with Gasteiger partial charge in [0.15, 0.2) is 37.2 Å². The summed E-state index contributed by atoms with van der Waals surface area (Å²) in [7, 11) is 0. The monoisotopic (exact) mass is 1260 g/mol. The average molecular weight is 1260 g/mol. The van der Waals surface area contributed by atoms with Crippen LogP contribution in [0.1, 0.15) is 85.5 Å². The summed E-state index contributed by atoms with van der Waals surface area (Å²) in [4.78, 5) is 0. The van der Waals surface area contributed by atoms with Crippen molar-refractivity contribution in [2.24, 2.45) is 52.3 Å². The molecular weight excluding hydrogens is 1160 g/mol. The third-order valence-corrected chi connectivity index (χ3v) is 22.4. The van der Waals surface area contributed by atoms with Gasteiger partial charge in [0.25, 0.3) is 0 Å². The van der Waals surface area contributed by atoms with Crippen LogP contribution in [0.4, 0.5) is 0 Å². The lowest BCUT2D eigenvalue weighted by molar-refractivity contribution is -0.408. The van der Waals surface area contributed by atoms with E-state index in [-0.39, 0.29) is 54.1 Å². The molecule has 0 spiro atoms. The van der Waals surface area contributed by atoms with Crippen molar-refractivity contribution in [3.8, 4) is 0 Å². The first-order valence-corrected chi connectivity index (χ1v) is 31.0. The molecule has 30 nitrogen and oxygen atoms in total. The van der Waals surface area contributed by atoms with Gasteiger partial charge in [-0.1, -0.05) is 34.1 Å². The fraction of sp³-hybridized carbons (Fsp3) is 1.00. The van der Waals surface area contributed by atoms with Crippen LogP contribution in [-0.4, -0.2) is 314 Å². The predicted molar refractivity (Wildman–Crippen MR) is 286 cm³/mol. The van der Waals surface area contributed by atoms with Crippen LogP contribution in [0.15, 0.2) is 0 Å². The van der Waals surface area contributed by atoms with Crippen LogP contribution in [0, 0.1) is 52.3 Å². The zero-order chi connectivity index (χ0) is 63.1. The van der Waals surface area contributed by atoms with Crippen LogP contribution in [-0.2, 0) is 52.1 Å². The summed E-state index contributed by atoms with van der Waals surface area (Å²) in [6, 6.07) is 0. The van der Waals surface area contributed by atoms with Gasteiger partial charge in [-0.05, 0) is 85.9 Å². The van der Waals surface area contributed by atoms with E-state index in [4.69, 9.17) is 52.1 Å². The van der Waals surface area contributed by atoms with E-state index in [9.17, 15) is 97.0 Å². The zero-order valence-electron chi connectivity index (χ0n) is 49.3. The van der Waals surface area contributed by atoms with Crippen LogP contribution >= 0.6 is 0 Å². The number of rotatable bonds is 19. The van der Waals surface area contributed by atoms with Crippen molar-refractivity contribution >= 4 is 0 Å². The minimum Gasteiger partial charge on any atom is -0.394 e. The third-order valence-electron chi connectivity index (χ3n) is 22.4. The lowest BCUT2D eigenvalue weighted by atomic mass is 9.40. The van der Waals surface area contributed by atoms with Crippen molar-refractivity contribution < 1.29 is 149 Å². The molecule has 4 aliphatic carbocycles. The highest BCUT2D eigenvalue weighted by atomic mass is 16.8. The first kappa shape index (κ1) is 68.7. The largest absolute Gasteiger partial charge is 0.394 e. The van der Waals surface area contributed by atoms with Crippen molar-refractivity contribution in [1.29, 1.82) is 0 Å². The summed E-state index contributed by atoms with van der Waals surface area (Å²) >= 11 is 0. The second kappa shape index (κ2) is 27.3. The molecule has 10 fully saturated rings. The van der Waals surface area contributed by atoms with Gasteiger partial charge in [0.1, 0.15) is 122 Å². The van der Waals surface area contributed by atoms with E-state index < -0.39 is 215 Å². The smallest absolute Gasteiger partial charge is 0.187 e. The standard InChI is InChI=1S/C57H96O30/c1-20(19-77-50-43(72)39(68)35(64)27(14-58)78-50)9-11-57(76)21(2)34-22-7-8-25-24(23(22)12-26(34)87-57)13-32(63)56(4)33(6-5-10-55(25,56)3)83-51-46(75)42(71)47(31(18-62)82-51)84-54-49(86-53-45(74)41(70)37(66)29(16-60)80-53)48(38(67)30(17-61)81-54)85-52-44(73)40(69)36(65)28(15-59)79-52/h20-54,58-76H,5-19H2,1-4H3/t20?,21?,22?,23?,24?,25?,26?,27-,28-,29-,30-,31-,32?,33?,34?,35-,36-,37-,38-,39+,40+,41+,42-,43-,44-,45-,46-,47-,48+,49-,50-,51+,52+,53+,54+,55?,56?,57?/m1/s1. The normalized spacial score (nSPS) is 55.6. The Morgan fingerprint density at radius 1 is 0.483 bits per heavy atom. The van der Waals surface area contributed by atoms with Gasteiger partial charge in [-0.3, -0.25) is 0 Å². The minimum atomic E-state index is -2.09. The van der Waals surface area contributed by atoms with E-state index in [0.717, 1.165) is 19.3 Å². The summed E-state index contributed by atoms with van der Waals surface area (Å²) in [5.74, 6) is -1.07. The summed E-state index contributed by atoms with van der Waals surface area (Å²) in [6.45, 7) is 3.99. The second-order valence-electron chi connectivity index (χ2n) is 27.0. The number of hydrogen-bond donors (Lipinski definition) is 19. The molecule has 0 bridgehead atoms. The molecule has 10 aliphatic rings. The summed E-state index contributed by atoms with van der Waals surface area (Å²) in [5, 5.41) is 206. The van der Waals surface area contributed by atoms with Crippen molar-refractivity contribution in [2.45, 2.75) is 263 Å². The number of ether oxygens (including phenoxy) is 11. The fourth-order valence-corrected chi connectivity index (χ4v) is 17.1. The molecule has 0 aromatic heterocycles. The quantitative estimate of drug-likeness (QED) is 0.0571. The Bertz CT molecular complexity index is 2220. The van der Waals surface area contributed by atoms with E-state index in [1.165, 1.54) is 0 Å². The van der Waals surface area contributed by atoms with E-state index in [2.05, 4.69) is 6.92 Å². The lowest BCUT2D eigenvalue weighted by Gasteiger charge is -2.67. The maximum Gasteiger partial charge on any atom is 0.187 e. The van der Waals surface area contributed by atoms with Crippen LogP contribution in [0.25, 0.3) is 0 Å². The van der Waals surface area contributed by atoms with Gasteiger partial charge in [0.05, 0.1) is 58.0 Å². The van der Waals surface area contributed by atoms with Crippen molar-refractivity contribution in [1.82, 2.24) is 0 Å². The van der Waals surface area contributed by atoms with Crippen LogP contribution in [0.2, 0.25) is 0 Å². The molecule has 0 radical (unpaired) electrons. The van der Waals surface area contributed by atoms with Crippen LogP contribution in [0.5, 0.6) is 0 Å². The van der Waals surface area contributed by atoms with E-state index >= 15 is 0 Å². The van der Waals surface area contributed by atoms with E-state index in [0.29, 0.717) is 38.5 Å². The molecule has 10 rings (SSSR count). The molecule has 6 aliphatic heterocycles. The lowest BCUT2D eigenvalue weighted by Crippen LogP contribution is -2.69. The highest BCUT2D eigenvalue weighted by Gasteiger charge is 2.70. The molecule has 0 aromatic carbocycles. The minimum absolute atomic E-state index is 0.0606. The first-order valence-electron chi connectivity index (χ1n) is 31.0. The number of aliphatic hydroxyl groups is 19. The number of aliphatic hydroxyl groups excluding tert-OH is 18. The Balaban J connectivity index is 0.808. The topological polar surface area (TPSA) is 486 Å². The second-order valence-corrected chi connectivity index (χ2v) is 27.0. The fourth-order valence-electron chi connectivity index (χ4n) is 17.1. The Labute approximate surface area is 502 Å². The predicted octanol–water partition coefficient (Wildman–Crippen LogP) is -7.16. The van der Waals surface area contributed by atoms with Gasteiger partial charge in [-0.2, -0.15) is 0 Å². The zero-order valence-corrected chi connectivity index (χ0v) is 49.3. The number of fused-ring (bicyclic) bond motifs is 7. The molecule has 4 saturated carbocycles. The highest BCUT2D eigenvalue weighted by molar-refractivity contribution is 5.17. The molecule has 38 atom stereocenters. The number of hydrogen-bond acceptors (Lipinski definition) is 30. The maximum atomic E-state index is 12.6. The van der Waals surface area contributed by atoms with Gasteiger partial charge >= 0.3 is 0 Å². The first-order chi connectivity index (χ1) is 41.2. The average Bonchev–Trinajstić information content (AvgIpc) is 1.80. The Kier molecular flexibility index (Phi) is 21.5. The van der Waals surface area contributed by atoms with Gasteiger partial charge < -0.3 is 149 Å². The molecule has 0 aromatic rings. The molecule has 87 heavy (non-hydrogen) atoms. The van der Waals surface area contributed by atoms with E-state index in [1.54, 1.807) is 0 Å². The molecule has 6 saturated heterocycles. The third kappa shape index (κ3) is 12.3. The molecule has 19 N–H and O–H groups in total. The molecule has 13 unspecified atom stereocenters. The van der Waals surface area contributed by atoms with Gasteiger partial charge in [0, 0.05) is 17.8 Å². The van der Waals surface area contributed by atoms with Gasteiger partial charge in [0.2, 0.25) is 0 Å². The van der Waals surface area contributed by atoms with Crippen molar-refractivity contribution in [3.05, 3.63) is 0 Å². The molecule has 0 amide bonds. The van der Waals surface area contributed by atoms with Crippen LogP contribution < -0.4 is 0 Å². The highest BCUT2D eigenvalue weighted by Crippen LogP contribution is 2.70. The summed E-state index contributed by atoms with van der Waals surface area (Å²) < 4.78 is 66.3. The maximum absolute atomic E-state index is 12.6. The molecular formula is C57H96O30. The van der Waals surface area contributed by atoms with E-state index in [1.807, 2.05) is 20.8 Å². The molecule has 6 heterocycles. The van der Waals surface area contributed by atoms with Gasteiger partial charge in [-0.15, -0.1) is 0 Å². The Morgan fingerprint density at radius 3 is 1.54 bits per heavy atom. The summed E-state index contributed by atoms with van der Waals surface area (Å²) in [5.41, 5.74) is -1.45. The molecule has 30 heteroatoms.